The Hall–Kier alpha value is -1.95. The van der Waals surface area contributed by atoms with Crippen molar-refractivity contribution in [2.45, 2.75) is 51.2 Å². The summed E-state index contributed by atoms with van der Waals surface area (Å²) in [6.07, 6.45) is 10.2. The lowest BCUT2D eigenvalue weighted by Gasteiger charge is -2.39. The topological polar surface area (TPSA) is 58.3 Å². The van der Waals surface area contributed by atoms with Crippen LogP contribution in [0.5, 0.6) is 0 Å². The second kappa shape index (κ2) is 6.28. The molecule has 6 heteroatoms. The molecule has 0 spiro atoms. The van der Waals surface area contributed by atoms with E-state index < -0.39 is 0 Å². The normalized spacial score (nSPS) is 19.9. The average molecular weight is 313 g/mol. The molecule has 0 atom stereocenters. The molecule has 3 heterocycles. The Labute approximate surface area is 136 Å². The van der Waals surface area contributed by atoms with E-state index in [0.29, 0.717) is 12.1 Å². The fourth-order valence-electron chi connectivity index (χ4n) is 3.48. The SMILES string of the molecule is Cc1cnc(CN2CCC(N(c3ccncn3)C3CC3)CC2)o1. The van der Waals surface area contributed by atoms with Crippen LogP contribution in [0.3, 0.4) is 0 Å². The van der Waals surface area contributed by atoms with Crippen LogP contribution >= 0.6 is 0 Å². The Morgan fingerprint density at radius 2 is 1.96 bits per heavy atom. The number of rotatable bonds is 5. The van der Waals surface area contributed by atoms with Gasteiger partial charge in [0.1, 0.15) is 17.9 Å². The van der Waals surface area contributed by atoms with Gasteiger partial charge in [-0.3, -0.25) is 4.90 Å². The molecule has 1 aliphatic carbocycles. The fourth-order valence-corrected chi connectivity index (χ4v) is 3.48. The standard InChI is InChI=1S/C17H23N5O/c1-13-10-19-17(23-13)11-21-8-5-15(6-9-21)22(14-2-3-14)16-4-7-18-12-20-16/h4,7,10,12,14-15H,2-3,5-6,8-9,11H2,1H3. The molecule has 2 aliphatic rings. The monoisotopic (exact) mass is 313 g/mol. The van der Waals surface area contributed by atoms with Crippen LogP contribution in [0.15, 0.2) is 29.2 Å². The molecular weight excluding hydrogens is 290 g/mol. The molecule has 0 unspecified atom stereocenters. The molecule has 2 aromatic rings. The Morgan fingerprint density at radius 1 is 1.17 bits per heavy atom. The van der Waals surface area contributed by atoms with E-state index in [-0.39, 0.29) is 0 Å². The lowest BCUT2D eigenvalue weighted by Crippen LogP contribution is -2.46. The van der Waals surface area contributed by atoms with Crippen LogP contribution in [0.2, 0.25) is 0 Å². The number of oxazole rings is 1. The van der Waals surface area contributed by atoms with Crippen LogP contribution < -0.4 is 4.90 Å². The minimum atomic E-state index is 0.583. The van der Waals surface area contributed by atoms with Gasteiger partial charge in [0.15, 0.2) is 0 Å². The minimum absolute atomic E-state index is 0.583. The van der Waals surface area contributed by atoms with Crippen molar-refractivity contribution in [1.29, 1.82) is 0 Å². The molecule has 0 N–H and O–H groups in total. The van der Waals surface area contributed by atoms with Gasteiger partial charge in [-0.2, -0.15) is 0 Å². The molecule has 1 saturated carbocycles. The first kappa shape index (κ1) is 14.6. The van der Waals surface area contributed by atoms with Crippen molar-refractivity contribution in [3.8, 4) is 0 Å². The van der Waals surface area contributed by atoms with Gasteiger partial charge in [-0.25, -0.2) is 15.0 Å². The van der Waals surface area contributed by atoms with E-state index in [9.17, 15) is 0 Å². The Balaban J connectivity index is 1.38. The van der Waals surface area contributed by atoms with Gasteiger partial charge < -0.3 is 9.32 Å². The number of anilines is 1. The molecule has 23 heavy (non-hydrogen) atoms. The van der Waals surface area contributed by atoms with Crippen LogP contribution in [0.4, 0.5) is 5.82 Å². The highest BCUT2D eigenvalue weighted by Crippen LogP contribution is 2.35. The van der Waals surface area contributed by atoms with Crippen molar-refractivity contribution in [2.75, 3.05) is 18.0 Å². The zero-order valence-corrected chi connectivity index (χ0v) is 13.6. The van der Waals surface area contributed by atoms with Crippen molar-refractivity contribution in [2.24, 2.45) is 0 Å². The summed E-state index contributed by atoms with van der Waals surface area (Å²) in [5.74, 6) is 2.80. The third-order valence-corrected chi connectivity index (χ3v) is 4.75. The third kappa shape index (κ3) is 3.37. The Bertz CT molecular complexity index is 631. The van der Waals surface area contributed by atoms with Crippen LogP contribution in [0, 0.1) is 6.92 Å². The quantitative estimate of drug-likeness (QED) is 0.845. The summed E-state index contributed by atoms with van der Waals surface area (Å²) in [5.41, 5.74) is 0. The highest BCUT2D eigenvalue weighted by molar-refractivity contribution is 5.41. The smallest absolute Gasteiger partial charge is 0.208 e. The molecule has 1 saturated heterocycles. The van der Waals surface area contributed by atoms with Crippen LogP contribution in [0.1, 0.15) is 37.3 Å². The van der Waals surface area contributed by atoms with E-state index in [1.807, 2.05) is 19.2 Å². The summed E-state index contributed by atoms with van der Waals surface area (Å²) in [4.78, 5) is 17.8. The van der Waals surface area contributed by atoms with Crippen molar-refractivity contribution >= 4 is 5.82 Å². The molecule has 0 aromatic carbocycles. The molecule has 0 bridgehead atoms. The minimum Gasteiger partial charge on any atom is -0.445 e. The maximum absolute atomic E-state index is 5.60. The molecule has 2 aromatic heterocycles. The van der Waals surface area contributed by atoms with E-state index in [2.05, 4.69) is 24.8 Å². The molecule has 0 amide bonds. The summed E-state index contributed by atoms with van der Waals surface area (Å²) in [6.45, 7) is 4.93. The molecule has 1 aliphatic heterocycles. The summed E-state index contributed by atoms with van der Waals surface area (Å²) in [7, 11) is 0. The zero-order chi connectivity index (χ0) is 15.6. The third-order valence-electron chi connectivity index (χ3n) is 4.75. The predicted octanol–water partition coefficient (Wildman–Crippen LogP) is 2.41. The maximum atomic E-state index is 5.60. The van der Waals surface area contributed by atoms with E-state index in [4.69, 9.17) is 4.42 Å². The van der Waals surface area contributed by atoms with Gasteiger partial charge in [0.2, 0.25) is 5.89 Å². The Morgan fingerprint density at radius 3 is 2.57 bits per heavy atom. The van der Waals surface area contributed by atoms with Gasteiger partial charge >= 0.3 is 0 Å². The first-order chi connectivity index (χ1) is 11.3. The summed E-state index contributed by atoms with van der Waals surface area (Å²) < 4.78 is 5.60. The first-order valence-corrected chi connectivity index (χ1v) is 8.47. The molecule has 2 fully saturated rings. The number of aromatic nitrogens is 3. The van der Waals surface area contributed by atoms with E-state index in [1.54, 1.807) is 12.5 Å². The summed E-state index contributed by atoms with van der Waals surface area (Å²) in [6, 6.07) is 3.30. The molecule has 4 rings (SSSR count). The van der Waals surface area contributed by atoms with E-state index in [1.165, 1.54) is 25.7 Å². The van der Waals surface area contributed by atoms with Crippen molar-refractivity contribution < 1.29 is 4.42 Å². The highest BCUT2D eigenvalue weighted by atomic mass is 16.4. The van der Waals surface area contributed by atoms with Gasteiger partial charge in [0.05, 0.1) is 12.7 Å². The molecular formula is C17H23N5O. The maximum Gasteiger partial charge on any atom is 0.208 e. The van der Waals surface area contributed by atoms with Gasteiger partial charge in [0, 0.05) is 31.4 Å². The largest absolute Gasteiger partial charge is 0.445 e. The highest BCUT2D eigenvalue weighted by Gasteiger charge is 2.36. The number of likely N-dealkylation sites (tertiary alicyclic amines) is 1. The van der Waals surface area contributed by atoms with E-state index >= 15 is 0 Å². The van der Waals surface area contributed by atoms with Crippen molar-refractivity contribution in [3.05, 3.63) is 36.4 Å². The average Bonchev–Trinajstić information content (AvgIpc) is 3.33. The van der Waals surface area contributed by atoms with Crippen molar-refractivity contribution in [1.82, 2.24) is 19.9 Å². The van der Waals surface area contributed by atoms with Crippen LogP contribution in [0.25, 0.3) is 0 Å². The second-order valence-electron chi connectivity index (χ2n) is 6.58. The second-order valence-corrected chi connectivity index (χ2v) is 6.58. The predicted molar refractivity (Wildman–Crippen MR) is 87.1 cm³/mol. The van der Waals surface area contributed by atoms with Crippen LogP contribution in [-0.2, 0) is 6.54 Å². The first-order valence-electron chi connectivity index (χ1n) is 8.47. The lowest BCUT2D eigenvalue weighted by molar-refractivity contribution is 0.183. The summed E-state index contributed by atoms with van der Waals surface area (Å²) in [5, 5.41) is 0. The number of aryl methyl sites for hydroxylation is 1. The van der Waals surface area contributed by atoms with Gasteiger partial charge in [0.25, 0.3) is 0 Å². The number of piperidine rings is 1. The van der Waals surface area contributed by atoms with Gasteiger partial charge in [-0.15, -0.1) is 0 Å². The summed E-state index contributed by atoms with van der Waals surface area (Å²) >= 11 is 0. The number of nitrogens with zero attached hydrogens (tertiary/aromatic N) is 5. The lowest BCUT2D eigenvalue weighted by atomic mass is 10.0. The van der Waals surface area contributed by atoms with Gasteiger partial charge in [-0.05, 0) is 38.7 Å². The molecule has 0 radical (unpaired) electrons. The van der Waals surface area contributed by atoms with Gasteiger partial charge in [-0.1, -0.05) is 0 Å². The number of hydrogen-bond acceptors (Lipinski definition) is 6. The fraction of sp³-hybridized carbons (Fsp3) is 0.588. The molecule has 6 nitrogen and oxygen atoms in total. The van der Waals surface area contributed by atoms with E-state index in [0.717, 1.165) is 37.1 Å². The Kier molecular flexibility index (Phi) is 3.99. The zero-order valence-electron chi connectivity index (χ0n) is 13.6. The van der Waals surface area contributed by atoms with Crippen molar-refractivity contribution in [3.63, 3.8) is 0 Å². The number of hydrogen-bond donors (Lipinski definition) is 0. The molecule has 122 valence electrons. The van der Waals surface area contributed by atoms with Crippen LogP contribution in [-0.4, -0.2) is 45.0 Å².